The largest absolute Gasteiger partial charge is 0.481 e. The fourth-order valence-corrected chi connectivity index (χ4v) is 7.86. The molecular formula is C32H26ClF3N2O5S2. The summed E-state index contributed by atoms with van der Waals surface area (Å²) >= 11 is 7.65. The first-order valence-corrected chi connectivity index (χ1v) is 16.5. The summed E-state index contributed by atoms with van der Waals surface area (Å²) in [5.41, 5.74) is 1.51. The summed E-state index contributed by atoms with van der Waals surface area (Å²) in [5, 5.41) is 12.2. The number of nitrogens with zero attached hydrogens (tertiary/aromatic N) is 1. The SMILES string of the molecule is O=C(O)Cc1ccc(SCCNC(=O)[C@@H]2Cc3ccccc3N2S(=O)(=O)c2ccc(-c3cccc(C(F)(F)F)c3)cc2)c(Cl)c1. The lowest BCUT2D eigenvalue weighted by Gasteiger charge is -2.26. The molecule has 0 spiro atoms. The van der Waals surface area contributed by atoms with Gasteiger partial charge < -0.3 is 10.4 Å². The second kappa shape index (κ2) is 13.2. The van der Waals surface area contributed by atoms with Crippen molar-refractivity contribution in [2.24, 2.45) is 0 Å². The van der Waals surface area contributed by atoms with Crippen molar-refractivity contribution in [3.63, 3.8) is 0 Å². The van der Waals surface area contributed by atoms with Crippen LogP contribution in [0.25, 0.3) is 11.1 Å². The summed E-state index contributed by atoms with van der Waals surface area (Å²) in [6, 6.07) is 21.0. The van der Waals surface area contributed by atoms with Crippen LogP contribution in [0.3, 0.4) is 0 Å². The molecule has 1 aliphatic heterocycles. The number of halogens is 4. The van der Waals surface area contributed by atoms with Crippen LogP contribution in [0.5, 0.6) is 0 Å². The topological polar surface area (TPSA) is 104 Å². The highest BCUT2D eigenvalue weighted by molar-refractivity contribution is 7.99. The van der Waals surface area contributed by atoms with Gasteiger partial charge >= 0.3 is 12.1 Å². The number of rotatable bonds is 10. The molecule has 1 amide bonds. The summed E-state index contributed by atoms with van der Waals surface area (Å²) in [6.07, 6.45) is -4.50. The molecule has 234 valence electrons. The number of sulfonamides is 1. The number of hydrogen-bond donors (Lipinski definition) is 2. The second-order valence-electron chi connectivity index (χ2n) is 10.2. The lowest BCUT2D eigenvalue weighted by molar-refractivity contribution is -0.138. The van der Waals surface area contributed by atoms with E-state index in [1.165, 1.54) is 48.2 Å². The molecule has 13 heteroatoms. The first-order valence-electron chi connectivity index (χ1n) is 13.7. The number of anilines is 1. The van der Waals surface area contributed by atoms with Gasteiger partial charge in [-0.1, -0.05) is 60.1 Å². The van der Waals surface area contributed by atoms with E-state index in [-0.39, 0.29) is 29.8 Å². The standard InChI is InChI=1S/C32H26ClF3N2O5S2/c33-26-16-20(17-30(39)40)8-13-29(26)44-15-14-37-31(41)28-19-23-4-1-2-7-27(23)38(28)45(42,43)25-11-9-21(10-12-25)22-5-3-6-24(18-22)32(34,35)36/h1-13,16,18,28H,14-15,17,19H2,(H,37,41)(H,39,40)/t28-/m0/s1. The fraction of sp³-hybridized carbons (Fsp3) is 0.188. The van der Waals surface area contributed by atoms with E-state index in [0.717, 1.165) is 16.4 Å². The highest BCUT2D eigenvalue weighted by atomic mass is 35.5. The van der Waals surface area contributed by atoms with Gasteiger partial charge in [0, 0.05) is 23.6 Å². The van der Waals surface area contributed by atoms with Gasteiger partial charge in [0.2, 0.25) is 5.91 Å². The van der Waals surface area contributed by atoms with E-state index >= 15 is 0 Å². The number of fused-ring (bicyclic) bond motifs is 1. The lowest BCUT2D eigenvalue weighted by Crippen LogP contribution is -2.48. The van der Waals surface area contributed by atoms with Crippen LogP contribution >= 0.6 is 23.4 Å². The number of amides is 1. The van der Waals surface area contributed by atoms with Crippen molar-refractivity contribution in [2.75, 3.05) is 16.6 Å². The molecule has 0 unspecified atom stereocenters. The predicted octanol–water partition coefficient (Wildman–Crippen LogP) is 6.68. The molecule has 0 saturated heterocycles. The van der Waals surface area contributed by atoms with Crippen LogP contribution in [0.2, 0.25) is 5.02 Å². The Morgan fingerprint density at radius 1 is 0.956 bits per heavy atom. The Morgan fingerprint density at radius 3 is 2.38 bits per heavy atom. The van der Waals surface area contributed by atoms with Gasteiger partial charge in [0.1, 0.15) is 6.04 Å². The average Bonchev–Trinajstić information content (AvgIpc) is 3.40. The minimum Gasteiger partial charge on any atom is -0.481 e. The summed E-state index contributed by atoms with van der Waals surface area (Å²) in [4.78, 5) is 24.9. The molecular weight excluding hydrogens is 649 g/mol. The zero-order valence-electron chi connectivity index (χ0n) is 23.4. The average molecular weight is 675 g/mol. The van der Waals surface area contributed by atoms with Crippen molar-refractivity contribution in [1.29, 1.82) is 0 Å². The number of thioether (sulfide) groups is 1. The number of carboxylic acids is 1. The summed E-state index contributed by atoms with van der Waals surface area (Å²) in [7, 11) is -4.24. The number of carbonyl (C=O) groups is 2. The van der Waals surface area contributed by atoms with Gasteiger partial charge in [-0.15, -0.1) is 11.8 Å². The molecule has 0 fully saturated rings. The highest BCUT2D eigenvalue weighted by Crippen LogP contribution is 2.38. The maximum Gasteiger partial charge on any atom is 0.416 e. The molecule has 1 aliphatic rings. The Bertz CT molecular complexity index is 1850. The molecule has 45 heavy (non-hydrogen) atoms. The van der Waals surface area contributed by atoms with E-state index in [2.05, 4.69) is 5.32 Å². The molecule has 0 radical (unpaired) electrons. The van der Waals surface area contributed by atoms with Gasteiger partial charge in [0.05, 0.1) is 27.6 Å². The Balaban J connectivity index is 1.30. The normalized spacial score (nSPS) is 14.7. The maximum absolute atomic E-state index is 13.9. The Morgan fingerprint density at radius 2 is 1.69 bits per heavy atom. The third-order valence-electron chi connectivity index (χ3n) is 7.17. The number of para-hydroxylation sites is 1. The zero-order chi connectivity index (χ0) is 32.4. The number of benzene rings is 4. The third-order valence-corrected chi connectivity index (χ3v) is 10.5. The van der Waals surface area contributed by atoms with E-state index in [9.17, 15) is 31.2 Å². The number of carbonyl (C=O) groups excluding carboxylic acids is 1. The van der Waals surface area contributed by atoms with Crippen molar-refractivity contribution in [3.8, 4) is 11.1 Å². The van der Waals surface area contributed by atoms with Gasteiger partial charge in [-0.3, -0.25) is 13.9 Å². The fourth-order valence-electron chi connectivity index (χ4n) is 5.06. The molecule has 5 rings (SSSR count). The Hall–Kier alpha value is -4.00. The number of hydrogen-bond acceptors (Lipinski definition) is 5. The minimum absolute atomic E-state index is 0.107. The van der Waals surface area contributed by atoms with E-state index in [0.29, 0.717) is 38.0 Å². The van der Waals surface area contributed by atoms with E-state index < -0.39 is 39.7 Å². The van der Waals surface area contributed by atoms with Gasteiger partial charge in [-0.05, 0) is 64.7 Å². The number of carboxylic acid groups (broad SMARTS) is 1. The molecule has 7 nitrogen and oxygen atoms in total. The highest BCUT2D eigenvalue weighted by Gasteiger charge is 2.42. The molecule has 1 atom stereocenters. The lowest BCUT2D eigenvalue weighted by atomic mass is 10.0. The summed E-state index contributed by atoms with van der Waals surface area (Å²) < 4.78 is 68.6. The van der Waals surface area contributed by atoms with Crippen LogP contribution < -0.4 is 9.62 Å². The monoisotopic (exact) mass is 674 g/mol. The van der Waals surface area contributed by atoms with Crippen molar-refractivity contribution in [3.05, 3.63) is 113 Å². The van der Waals surface area contributed by atoms with Crippen LogP contribution in [0.1, 0.15) is 16.7 Å². The van der Waals surface area contributed by atoms with Crippen molar-refractivity contribution in [2.45, 2.75) is 34.9 Å². The number of aliphatic carboxylic acids is 1. The van der Waals surface area contributed by atoms with E-state index in [4.69, 9.17) is 16.7 Å². The predicted molar refractivity (Wildman–Crippen MR) is 167 cm³/mol. The van der Waals surface area contributed by atoms with E-state index in [1.807, 2.05) is 0 Å². The number of alkyl halides is 3. The summed E-state index contributed by atoms with van der Waals surface area (Å²) in [6.45, 7) is 0.211. The Kier molecular flexibility index (Phi) is 9.47. The van der Waals surface area contributed by atoms with Gasteiger partial charge in [0.25, 0.3) is 10.0 Å². The van der Waals surface area contributed by atoms with Crippen LogP contribution in [-0.4, -0.2) is 43.7 Å². The number of nitrogens with one attached hydrogen (secondary N) is 1. The van der Waals surface area contributed by atoms with Crippen molar-refractivity contribution >= 4 is 50.9 Å². The van der Waals surface area contributed by atoms with Crippen LogP contribution in [0, 0.1) is 0 Å². The molecule has 4 aromatic carbocycles. The summed E-state index contributed by atoms with van der Waals surface area (Å²) in [5.74, 6) is -1.03. The van der Waals surface area contributed by atoms with Gasteiger partial charge in [-0.25, -0.2) is 8.42 Å². The Labute approximate surface area is 267 Å². The zero-order valence-corrected chi connectivity index (χ0v) is 25.8. The van der Waals surface area contributed by atoms with Gasteiger partial charge in [0.15, 0.2) is 0 Å². The molecule has 0 bridgehead atoms. The molecule has 0 aromatic heterocycles. The molecule has 0 aliphatic carbocycles. The van der Waals surface area contributed by atoms with Crippen LogP contribution in [0.4, 0.5) is 18.9 Å². The smallest absolute Gasteiger partial charge is 0.416 e. The minimum atomic E-state index is -4.52. The maximum atomic E-state index is 13.9. The van der Waals surface area contributed by atoms with Crippen LogP contribution in [-0.2, 0) is 38.6 Å². The molecule has 1 heterocycles. The third kappa shape index (κ3) is 7.29. The van der Waals surface area contributed by atoms with Crippen LogP contribution in [0.15, 0.2) is 101 Å². The second-order valence-corrected chi connectivity index (χ2v) is 13.6. The van der Waals surface area contributed by atoms with Crippen molar-refractivity contribution in [1.82, 2.24) is 5.32 Å². The quantitative estimate of drug-likeness (QED) is 0.144. The van der Waals surface area contributed by atoms with E-state index in [1.54, 1.807) is 42.5 Å². The molecule has 0 saturated carbocycles. The molecule has 4 aromatic rings. The first kappa shape index (κ1) is 32.4. The molecule has 2 N–H and O–H groups in total. The van der Waals surface area contributed by atoms with Gasteiger partial charge in [-0.2, -0.15) is 13.2 Å². The first-order chi connectivity index (χ1) is 21.3. The van der Waals surface area contributed by atoms with Crippen molar-refractivity contribution < 1.29 is 36.3 Å².